The van der Waals surface area contributed by atoms with Crippen LogP contribution in [0.1, 0.15) is 28.8 Å². The number of aromatic nitrogens is 4. The monoisotopic (exact) mass is 453 g/mol. The highest BCUT2D eigenvalue weighted by molar-refractivity contribution is 7.99. The van der Waals surface area contributed by atoms with Crippen molar-refractivity contribution in [2.45, 2.75) is 29.4 Å². The van der Waals surface area contributed by atoms with Crippen LogP contribution in [-0.4, -0.2) is 48.4 Å². The molecule has 1 aliphatic heterocycles. The normalized spacial score (nSPS) is 13.4. The van der Waals surface area contributed by atoms with E-state index < -0.39 is 10.8 Å². The summed E-state index contributed by atoms with van der Waals surface area (Å²) in [6, 6.07) is 11.5. The molecule has 0 bridgehead atoms. The summed E-state index contributed by atoms with van der Waals surface area (Å²) in [6.45, 7) is 1.21. The topological polar surface area (TPSA) is 136 Å². The van der Waals surface area contributed by atoms with Crippen LogP contribution in [0.3, 0.4) is 0 Å². The number of anilines is 1. The Bertz CT molecular complexity index is 1200. The molecule has 1 N–H and O–H groups in total. The van der Waals surface area contributed by atoms with Crippen molar-refractivity contribution in [2.24, 2.45) is 7.05 Å². The number of nitro groups is 1. The molecule has 0 saturated carbocycles. The van der Waals surface area contributed by atoms with E-state index in [1.165, 1.54) is 22.9 Å². The van der Waals surface area contributed by atoms with Crippen molar-refractivity contribution < 1.29 is 14.5 Å². The van der Waals surface area contributed by atoms with Crippen LogP contribution >= 0.6 is 11.8 Å². The smallest absolute Gasteiger partial charge is 0.284 e. The summed E-state index contributed by atoms with van der Waals surface area (Å²) >= 11 is 1.04. The van der Waals surface area contributed by atoms with Gasteiger partial charge in [-0.3, -0.25) is 19.7 Å². The van der Waals surface area contributed by atoms with Crippen LogP contribution in [0.2, 0.25) is 0 Å². The first-order valence-electron chi connectivity index (χ1n) is 9.77. The van der Waals surface area contributed by atoms with Crippen molar-refractivity contribution >= 4 is 35.0 Å². The molecule has 0 atom stereocenters. The molecule has 11 nitrogen and oxygen atoms in total. The van der Waals surface area contributed by atoms with E-state index in [9.17, 15) is 19.7 Å². The third-order valence-corrected chi connectivity index (χ3v) is 6.02. The Labute approximate surface area is 186 Å². The van der Waals surface area contributed by atoms with Gasteiger partial charge in [0.05, 0.1) is 9.82 Å². The number of tetrazole rings is 1. The maximum atomic E-state index is 12.7. The van der Waals surface area contributed by atoms with Gasteiger partial charge in [0, 0.05) is 43.9 Å². The Kier molecular flexibility index (Phi) is 6.12. The van der Waals surface area contributed by atoms with Gasteiger partial charge in [0.25, 0.3) is 11.6 Å². The van der Waals surface area contributed by atoms with Gasteiger partial charge in [-0.25, -0.2) is 4.68 Å². The molecular weight excluding hydrogens is 434 g/mol. The quantitative estimate of drug-likeness (QED) is 0.426. The van der Waals surface area contributed by atoms with Gasteiger partial charge in [-0.1, -0.05) is 12.1 Å². The van der Waals surface area contributed by atoms with E-state index >= 15 is 0 Å². The zero-order valence-corrected chi connectivity index (χ0v) is 17.9. The molecule has 0 spiro atoms. The average Bonchev–Trinajstić information content (AvgIpc) is 3.36. The van der Waals surface area contributed by atoms with Gasteiger partial charge in [0.2, 0.25) is 11.1 Å². The van der Waals surface area contributed by atoms with Crippen molar-refractivity contribution in [3.8, 4) is 0 Å². The summed E-state index contributed by atoms with van der Waals surface area (Å²) < 4.78 is 1.40. The number of carbonyl (C=O) groups excluding carboxylic acids is 2. The molecule has 1 aliphatic rings. The third kappa shape index (κ3) is 4.75. The lowest BCUT2D eigenvalue weighted by atomic mass is 10.1. The van der Waals surface area contributed by atoms with Gasteiger partial charge in [-0.15, -0.1) is 5.10 Å². The van der Waals surface area contributed by atoms with Crippen LogP contribution in [0.15, 0.2) is 52.5 Å². The molecule has 0 unspecified atom stereocenters. The number of nitrogens with one attached hydrogen (secondary N) is 1. The van der Waals surface area contributed by atoms with E-state index in [0.717, 1.165) is 30.3 Å². The summed E-state index contributed by atoms with van der Waals surface area (Å²) in [6.07, 6.45) is 1.42. The summed E-state index contributed by atoms with van der Waals surface area (Å²) in [5.41, 5.74) is 1.38. The van der Waals surface area contributed by atoms with E-state index in [4.69, 9.17) is 0 Å². The van der Waals surface area contributed by atoms with E-state index in [1.54, 1.807) is 30.1 Å². The fraction of sp³-hybridized carbons (Fsp3) is 0.250. The van der Waals surface area contributed by atoms with Crippen LogP contribution in [0.25, 0.3) is 0 Å². The third-order valence-electron chi connectivity index (χ3n) is 4.93. The number of nitro benzene ring substituents is 1. The lowest BCUT2D eigenvalue weighted by Gasteiger charge is -2.16. The Morgan fingerprint density at radius 2 is 2.12 bits per heavy atom. The number of amides is 2. The van der Waals surface area contributed by atoms with Gasteiger partial charge in [0.15, 0.2) is 0 Å². The molecule has 4 rings (SSSR count). The molecular formula is C20H19N7O4S. The van der Waals surface area contributed by atoms with E-state index in [0.29, 0.717) is 28.7 Å². The number of likely N-dealkylation sites (tertiary alicyclic amines) is 1. The van der Waals surface area contributed by atoms with Gasteiger partial charge in [0.1, 0.15) is 0 Å². The molecule has 1 saturated heterocycles. The minimum atomic E-state index is -0.545. The van der Waals surface area contributed by atoms with Crippen LogP contribution in [0.4, 0.5) is 11.4 Å². The molecule has 1 aromatic heterocycles. The molecule has 32 heavy (non-hydrogen) atoms. The van der Waals surface area contributed by atoms with Gasteiger partial charge in [-0.05, 0) is 58.4 Å². The second kappa shape index (κ2) is 9.14. The molecule has 2 amide bonds. The number of hydrogen-bond donors (Lipinski definition) is 1. The number of nitrogens with zero attached hydrogens (tertiary/aromatic N) is 6. The Hall–Kier alpha value is -3.80. The zero-order valence-electron chi connectivity index (χ0n) is 17.1. The first-order valence-corrected chi connectivity index (χ1v) is 10.6. The first-order chi connectivity index (χ1) is 15.4. The van der Waals surface area contributed by atoms with Crippen LogP contribution in [0.5, 0.6) is 0 Å². The minimum absolute atomic E-state index is 0.127. The van der Waals surface area contributed by atoms with Crippen molar-refractivity contribution in [1.82, 2.24) is 25.1 Å². The lowest BCUT2D eigenvalue weighted by Crippen LogP contribution is -2.23. The minimum Gasteiger partial charge on any atom is -0.338 e. The maximum Gasteiger partial charge on any atom is 0.284 e. The number of benzene rings is 2. The van der Waals surface area contributed by atoms with Crippen LogP contribution in [-0.2, 0) is 18.4 Å². The lowest BCUT2D eigenvalue weighted by molar-refractivity contribution is -0.387. The van der Waals surface area contributed by atoms with Crippen LogP contribution in [0, 0.1) is 10.1 Å². The van der Waals surface area contributed by atoms with Gasteiger partial charge >= 0.3 is 0 Å². The molecule has 2 aromatic carbocycles. The first kappa shape index (κ1) is 21.4. The summed E-state index contributed by atoms with van der Waals surface area (Å²) in [4.78, 5) is 37.7. The number of aryl methyl sites for hydroxylation is 1. The SMILES string of the molecule is Cn1nnnc1Sc1ccc(C(=O)Nc2cccc(CN3CCCC3=O)c2)cc1[N+](=O)[O-]. The largest absolute Gasteiger partial charge is 0.338 e. The van der Waals surface area contributed by atoms with Crippen molar-refractivity contribution in [3.63, 3.8) is 0 Å². The standard InChI is InChI=1S/C20H19N7O4S/c1-25-20(22-23-24-25)32-17-8-7-14(11-16(17)27(30)31)19(29)21-15-5-2-4-13(10-15)12-26-9-3-6-18(26)28/h2,4-5,7-8,10-11H,3,6,9,12H2,1H3,(H,21,29). The highest BCUT2D eigenvalue weighted by Gasteiger charge is 2.22. The van der Waals surface area contributed by atoms with Crippen molar-refractivity contribution in [1.29, 1.82) is 0 Å². The molecule has 0 aliphatic carbocycles. The molecule has 12 heteroatoms. The number of hydrogen-bond acceptors (Lipinski definition) is 8. The van der Waals surface area contributed by atoms with Crippen molar-refractivity contribution in [3.05, 3.63) is 63.7 Å². The fourth-order valence-electron chi connectivity index (χ4n) is 3.34. The predicted octanol–water partition coefficient (Wildman–Crippen LogP) is 2.64. The second-order valence-corrected chi connectivity index (χ2v) is 8.21. The summed E-state index contributed by atoms with van der Waals surface area (Å²) in [5.74, 6) is -0.346. The fourth-order valence-corrected chi connectivity index (χ4v) is 4.15. The molecule has 0 radical (unpaired) electrons. The molecule has 3 aromatic rings. The van der Waals surface area contributed by atoms with E-state index in [-0.39, 0.29) is 17.2 Å². The Morgan fingerprint density at radius 1 is 1.28 bits per heavy atom. The molecule has 2 heterocycles. The maximum absolute atomic E-state index is 12.7. The van der Waals surface area contributed by atoms with E-state index in [1.807, 2.05) is 6.07 Å². The van der Waals surface area contributed by atoms with Crippen LogP contribution < -0.4 is 5.32 Å². The number of rotatable bonds is 7. The van der Waals surface area contributed by atoms with Gasteiger partial charge < -0.3 is 10.2 Å². The predicted molar refractivity (Wildman–Crippen MR) is 115 cm³/mol. The second-order valence-electron chi connectivity index (χ2n) is 7.20. The highest BCUT2D eigenvalue weighted by atomic mass is 32.2. The average molecular weight is 453 g/mol. The molecule has 1 fully saturated rings. The number of carbonyl (C=O) groups is 2. The summed E-state index contributed by atoms with van der Waals surface area (Å²) in [7, 11) is 1.63. The Morgan fingerprint density at radius 3 is 2.81 bits per heavy atom. The summed E-state index contributed by atoms with van der Waals surface area (Å²) in [5, 5.41) is 25.8. The molecule has 164 valence electrons. The van der Waals surface area contributed by atoms with E-state index in [2.05, 4.69) is 20.8 Å². The zero-order chi connectivity index (χ0) is 22.7. The Balaban J connectivity index is 1.50. The highest BCUT2D eigenvalue weighted by Crippen LogP contribution is 2.34. The van der Waals surface area contributed by atoms with Crippen molar-refractivity contribution in [2.75, 3.05) is 11.9 Å². The van der Waals surface area contributed by atoms with Gasteiger partial charge in [-0.2, -0.15) is 0 Å².